The topological polar surface area (TPSA) is 81.6 Å². The Balaban J connectivity index is 1.85. The van der Waals surface area contributed by atoms with E-state index in [4.69, 9.17) is 16.2 Å². The van der Waals surface area contributed by atoms with Crippen LogP contribution in [0.15, 0.2) is 30.3 Å². The Kier molecular flexibility index (Phi) is 5.35. The average Bonchev–Trinajstić information content (AvgIpc) is 3.31. The van der Waals surface area contributed by atoms with Gasteiger partial charge in [0, 0.05) is 18.5 Å². The SMILES string of the molecule is CN1CCC(OC(N)=O)CC1(Cc1ccccc1)CC1(CCN)CC1. The highest BCUT2D eigenvalue weighted by atomic mass is 16.6. The van der Waals surface area contributed by atoms with Crippen molar-refractivity contribution >= 4 is 6.09 Å². The van der Waals surface area contributed by atoms with Crippen molar-refractivity contribution in [2.45, 2.75) is 56.6 Å². The lowest BCUT2D eigenvalue weighted by atomic mass is 9.72. The van der Waals surface area contributed by atoms with Gasteiger partial charge in [0.05, 0.1) is 0 Å². The van der Waals surface area contributed by atoms with Crippen molar-refractivity contribution in [3.05, 3.63) is 35.9 Å². The van der Waals surface area contributed by atoms with Gasteiger partial charge in [-0.1, -0.05) is 30.3 Å². The molecular formula is C20H31N3O2. The number of rotatable bonds is 7. The molecule has 1 aromatic rings. The van der Waals surface area contributed by atoms with E-state index in [2.05, 4.69) is 42.3 Å². The Hall–Kier alpha value is -1.59. The third-order valence-corrected chi connectivity index (χ3v) is 6.20. The molecule has 1 saturated carbocycles. The number of likely N-dealkylation sites (N-methyl/N-ethyl adjacent to an activating group) is 1. The number of primary amides is 1. The average molecular weight is 345 g/mol. The van der Waals surface area contributed by atoms with E-state index >= 15 is 0 Å². The fourth-order valence-electron chi connectivity index (χ4n) is 4.67. The van der Waals surface area contributed by atoms with Gasteiger partial charge in [-0.15, -0.1) is 0 Å². The highest BCUT2D eigenvalue weighted by molar-refractivity contribution is 5.64. The minimum Gasteiger partial charge on any atom is -0.446 e. The van der Waals surface area contributed by atoms with Gasteiger partial charge in [0.15, 0.2) is 0 Å². The highest BCUT2D eigenvalue weighted by Gasteiger charge is 2.51. The van der Waals surface area contributed by atoms with Crippen molar-refractivity contribution in [1.29, 1.82) is 0 Å². The van der Waals surface area contributed by atoms with Gasteiger partial charge in [-0.25, -0.2) is 4.79 Å². The molecule has 2 unspecified atom stereocenters. The molecular weight excluding hydrogens is 314 g/mol. The summed E-state index contributed by atoms with van der Waals surface area (Å²) >= 11 is 0. The number of nitrogens with two attached hydrogens (primary N) is 2. The number of nitrogens with zero attached hydrogens (tertiary/aromatic N) is 1. The Labute approximate surface area is 150 Å². The van der Waals surface area contributed by atoms with E-state index < -0.39 is 6.09 Å². The molecule has 1 aliphatic carbocycles. The van der Waals surface area contributed by atoms with Crippen LogP contribution in [-0.4, -0.2) is 42.8 Å². The maximum atomic E-state index is 11.3. The van der Waals surface area contributed by atoms with Crippen LogP contribution in [0, 0.1) is 5.41 Å². The molecule has 0 spiro atoms. The summed E-state index contributed by atoms with van der Waals surface area (Å²) in [5, 5.41) is 0. The molecule has 1 aliphatic heterocycles. The summed E-state index contributed by atoms with van der Waals surface area (Å²) in [6.07, 6.45) is 6.62. The number of benzene rings is 1. The summed E-state index contributed by atoms with van der Waals surface area (Å²) in [6.45, 7) is 1.66. The molecule has 1 amide bonds. The third-order valence-electron chi connectivity index (χ3n) is 6.20. The number of ether oxygens (including phenoxy) is 1. The zero-order valence-corrected chi connectivity index (χ0v) is 15.2. The van der Waals surface area contributed by atoms with Crippen LogP contribution in [0.2, 0.25) is 0 Å². The van der Waals surface area contributed by atoms with Crippen LogP contribution in [-0.2, 0) is 11.2 Å². The van der Waals surface area contributed by atoms with Gasteiger partial charge in [-0.05, 0) is 63.1 Å². The van der Waals surface area contributed by atoms with Crippen molar-refractivity contribution < 1.29 is 9.53 Å². The predicted octanol–water partition coefficient (Wildman–Crippen LogP) is 2.68. The van der Waals surface area contributed by atoms with Gasteiger partial charge in [0.1, 0.15) is 6.10 Å². The third kappa shape index (κ3) is 4.33. The van der Waals surface area contributed by atoms with Gasteiger partial charge in [0.2, 0.25) is 0 Å². The summed E-state index contributed by atoms with van der Waals surface area (Å²) in [5.41, 5.74) is 12.9. The Bertz CT molecular complexity index is 588. The highest BCUT2D eigenvalue weighted by Crippen LogP contribution is 2.56. The van der Waals surface area contributed by atoms with Crippen LogP contribution in [0.25, 0.3) is 0 Å². The largest absolute Gasteiger partial charge is 0.446 e. The quantitative estimate of drug-likeness (QED) is 0.796. The minimum atomic E-state index is -0.661. The van der Waals surface area contributed by atoms with Crippen molar-refractivity contribution in [3.8, 4) is 0 Å². The maximum absolute atomic E-state index is 11.3. The molecule has 0 radical (unpaired) electrons. The Morgan fingerprint density at radius 2 is 2.04 bits per heavy atom. The number of carbonyl (C=O) groups excluding carboxylic acids is 1. The number of likely N-dealkylation sites (tertiary alicyclic amines) is 1. The predicted molar refractivity (Wildman–Crippen MR) is 99.2 cm³/mol. The molecule has 25 heavy (non-hydrogen) atoms. The molecule has 138 valence electrons. The Morgan fingerprint density at radius 1 is 1.32 bits per heavy atom. The van der Waals surface area contributed by atoms with E-state index in [1.807, 2.05) is 0 Å². The van der Waals surface area contributed by atoms with Crippen LogP contribution in [0.4, 0.5) is 4.79 Å². The summed E-state index contributed by atoms with van der Waals surface area (Å²) in [5.74, 6) is 0. The summed E-state index contributed by atoms with van der Waals surface area (Å²) in [7, 11) is 2.21. The summed E-state index contributed by atoms with van der Waals surface area (Å²) in [6, 6.07) is 10.6. The smallest absolute Gasteiger partial charge is 0.404 e. The van der Waals surface area contributed by atoms with Crippen LogP contribution in [0.5, 0.6) is 0 Å². The zero-order chi connectivity index (χ0) is 17.9. The molecule has 2 aliphatic rings. The summed E-state index contributed by atoms with van der Waals surface area (Å²) in [4.78, 5) is 13.8. The normalized spacial score (nSPS) is 28.5. The molecule has 5 heteroatoms. The standard InChI is InChI=1S/C20H31N3O2/c1-23-12-7-17(25-18(22)24)14-20(23,13-16-5-3-2-4-6-16)15-19(8-9-19)10-11-21/h2-6,17H,7-15,21H2,1H3,(H2,22,24). The van der Waals surface area contributed by atoms with Gasteiger partial charge >= 0.3 is 6.09 Å². The lowest BCUT2D eigenvalue weighted by Gasteiger charge is -2.50. The first-order valence-electron chi connectivity index (χ1n) is 9.38. The van der Waals surface area contributed by atoms with Crippen LogP contribution in [0.1, 0.15) is 44.1 Å². The Morgan fingerprint density at radius 3 is 2.64 bits per heavy atom. The lowest BCUT2D eigenvalue weighted by Crippen LogP contribution is -2.56. The second-order valence-electron chi connectivity index (χ2n) is 8.08. The monoisotopic (exact) mass is 345 g/mol. The molecule has 4 N–H and O–H groups in total. The van der Waals surface area contributed by atoms with E-state index in [1.165, 1.54) is 18.4 Å². The zero-order valence-electron chi connectivity index (χ0n) is 15.2. The second-order valence-corrected chi connectivity index (χ2v) is 8.08. The van der Waals surface area contributed by atoms with Crippen LogP contribution < -0.4 is 11.5 Å². The van der Waals surface area contributed by atoms with Crippen molar-refractivity contribution in [1.82, 2.24) is 4.90 Å². The van der Waals surface area contributed by atoms with Gasteiger partial charge in [0.25, 0.3) is 0 Å². The molecule has 5 nitrogen and oxygen atoms in total. The van der Waals surface area contributed by atoms with E-state index in [0.717, 1.165) is 45.2 Å². The van der Waals surface area contributed by atoms with Gasteiger partial charge in [-0.2, -0.15) is 0 Å². The van der Waals surface area contributed by atoms with Gasteiger partial charge in [-0.3, -0.25) is 0 Å². The van der Waals surface area contributed by atoms with Crippen molar-refractivity contribution in [3.63, 3.8) is 0 Å². The van der Waals surface area contributed by atoms with Crippen LogP contribution >= 0.6 is 0 Å². The molecule has 3 rings (SSSR count). The maximum Gasteiger partial charge on any atom is 0.404 e. The molecule has 0 bridgehead atoms. The van der Waals surface area contributed by atoms with E-state index in [1.54, 1.807) is 0 Å². The number of hydrogen-bond donors (Lipinski definition) is 2. The molecule has 1 saturated heterocycles. The minimum absolute atomic E-state index is 0.00854. The summed E-state index contributed by atoms with van der Waals surface area (Å²) < 4.78 is 5.41. The van der Waals surface area contributed by atoms with E-state index in [0.29, 0.717) is 5.41 Å². The molecule has 1 heterocycles. The molecule has 2 fully saturated rings. The number of amides is 1. The molecule has 0 aromatic heterocycles. The van der Waals surface area contributed by atoms with E-state index in [-0.39, 0.29) is 11.6 Å². The number of piperidine rings is 1. The first kappa shape index (κ1) is 18.2. The van der Waals surface area contributed by atoms with Crippen molar-refractivity contribution in [2.24, 2.45) is 16.9 Å². The van der Waals surface area contributed by atoms with Gasteiger partial charge < -0.3 is 21.1 Å². The first-order chi connectivity index (χ1) is 12.0. The molecule has 2 atom stereocenters. The second kappa shape index (κ2) is 7.34. The lowest BCUT2D eigenvalue weighted by molar-refractivity contribution is -0.0285. The number of hydrogen-bond acceptors (Lipinski definition) is 4. The van der Waals surface area contributed by atoms with E-state index in [9.17, 15) is 4.79 Å². The molecule has 1 aromatic carbocycles. The first-order valence-corrected chi connectivity index (χ1v) is 9.38. The fourth-order valence-corrected chi connectivity index (χ4v) is 4.67. The fraction of sp³-hybridized carbons (Fsp3) is 0.650. The van der Waals surface area contributed by atoms with Crippen molar-refractivity contribution in [2.75, 3.05) is 20.1 Å². The van der Waals surface area contributed by atoms with Crippen LogP contribution in [0.3, 0.4) is 0 Å². The number of carbonyl (C=O) groups is 1.